The molecule has 1 heterocycles. The summed E-state index contributed by atoms with van der Waals surface area (Å²) in [5.74, 6) is -0.0713. The third kappa shape index (κ3) is 5.06. The average molecular weight is 332 g/mol. The van der Waals surface area contributed by atoms with E-state index in [-0.39, 0.29) is 17.7 Å². The van der Waals surface area contributed by atoms with E-state index >= 15 is 0 Å². The molecule has 5 heteroatoms. The molecule has 0 aliphatic carbocycles. The zero-order valence-corrected chi connectivity index (χ0v) is 14.6. The molecular weight excluding hydrogens is 304 g/mol. The number of aliphatic hydroxyl groups excluding tert-OH is 1. The Hall–Kier alpha value is -1.88. The van der Waals surface area contributed by atoms with Gasteiger partial charge in [-0.25, -0.2) is 0 Å². The molecule has 1 fully saturated rings. The number of amides is 2. The Balaban J connectivity index is 1.73. The Morgan fingerprint density at radius 2 is 1.54 bits per heavy atom. The average Bonchev–Trinajstić information content (AvgIpc) is 2.61. The van der Waals surface area contributed by atoms with Crippen LogP contribution in [-0.4, -0.2) is 59.0 Å². The van der Waals surface area contributed by atoms with Crippen LogP contribution in [0.25, 0.3) is 0 Å². The van der Waals surface area contributed by atoms with Crippen molar-refractivity contribution in [3.05, 3.63) is 35.9 Å². The van der Waals surface area contributed by atoms with E-state index in [1.807, 2.05) is 30.0 Å². The number of hydrogen-bond donors (Lipinski definition) is 1. The molecular formula is C19H28N2O3. The van der Waals surface area contributed by atoms with Crippen molar-refractivity contribution < 1.29 is 14.7 Å². The maximum absolute atomic E-state index is 12.5. The number of hydrogen-bond acceptors (Lipinski definition) is 3. The van der Waals surface area contributed by atoms with Gasteiger partial charge in [0.25, 0.3) is 5.91 Å². The predicted molar refractivity (Wildman–Crippen MR) is 93.4 cm³/mol. The van der Waals surface area contributed by atoms with Gasteiger partial charge in [0.2, 0.25) is 5.91 Å². The molecule has 1 aromatic rings. The highest BCUT2D eigenvalue weighted by Crippen LogP contribution is 2.15. The Bertz CT molecular complexity index is 537. The summed E-state index contributed by atoms with van der Waals surface area (Å²) in [5, 5.41) is 9.36. The van der Waals surface area contributed by atoms with E-state index in [1.165, 1.54) is 12.5 Å². The van der Waals surface area contributed by atoms with Crippen LogP contribution in [0.15, 0.2) is 30.3 Å². The van der Waals surface area contributed by atoms with Crippen LogP contribution in [0.5, 0.6) is 0 Å². The van der Waals surface area contributed by atoms with E-state index < -0.39 is 6.10 Å². The molecule has 0 radical (unpaired) electrons. The van der Waals surface area contributed by atoms with E-state index in [0.717, 1.165) is 19.3 Å². The predicted octanol–water partition coefficient (Wildman–Crippen LogP) is 1.70. The SMILES string of the molecule is CC(O)C(=O)N1CCN(C(=O)C(C)CCCc2ccccc2)CC1. The first kappa shape index (κ1) is 18.5. The molecule has 1 N–H and O–H groups in total. The molecule has 5 nitrogen and oxygen atoms in total. The maximum Gasteiger partial charge on any atom is 0.251 e. The zero-order chi connectivity index (χ0) is 17.5. The molecule has 0 bridgehead atoms. The van der Waals surface area contributed by atoms with Gasteiger partial charge in [0.1, 0.15) is 6.10 Å². The minimum absolute atomic E-state index is 0.00716. The summed E-state index contributed by atoms with van der Waals surface area (Å²) >= 11 is 0. The number of carbonyl (C=O) groups excluding carboxylic acids is 2. The van der Waals surface area contributed by atoms with Crippen LogP contribution in [0.1, 0.15) is 32.3 Å². The molecule has 0 saturated carbocycles. The minimum atomic E-state index is -0.968. The molecule has 24 heavy (non-hydrogen) atoms. The molecule has 2 rings (SSSR count). The fourth-order valence-electron chi connectivity index (χ4n) is 3.10. The first-order valence-corrected chi connectivity index (χ1v) is 8.78. The standard InChI is InChI=1S/C19H28N2O3/c1-15(7-6-10-17-8-4-3-5-9-17)18(23)20-11-13-21(14-12-20)19(24)16(2)22/h3-5,8-9,15-16,22H,6-7,10-14H2,1-2H3. The summed E-state index contributed by atoms with van der Waals surface area (Å²) in [7, 11) is 0. The molecule has 0 spiro atoms. The van der Waals surface area contributed by atoms with Gasteiger partial charge in [-0.2, -0.15) is 0 Å². The molecule has 0 aromatic heterocycles. The maximum atomic E-state index is 12.5. The molecule has 132 valence electrons. The smallest absolute Gasteiger partial charge is 0.251 e. The van der Waals surface area contributed by atoms with Gasteiger partial charge in [0.05, 0.1) is 0 Å². The number of aliphatic hydroxyl groups is 1. The Morgan fingerprint density at radius 1 is 1.00 bits per heavy atom. The van der Waals surface area contributed by atoms with Gasteiger partial charge in [-0.3, -0.25) is 9.59 Å². The molecule has 1 aliphatic rings. The number of carbonyl (C=O) groups is 2. The topological polar surface area (TPSA) is 60.9 Å². The molecule has 2 atom stereocenters. The van der Waals surface area contributed by atoms with E-state index in [9.17, 15) is 14.7 Å². The van der Waals surface area contributed by atoms with E-state index in [4.69, 9.17) is 0 Å². The van der Waals surface area contributed by atoms with Crippen LogP contribution < -0.4 is 0 Å². The molecule has 1 aromatic carbocycles. The number of nitrogens with zero attached hydrogens (tertiary/aromatic N) is 2. The van der Waals surface area contributed by atoms with Crippen molar-refractivity contribution in [3.63, 3.8) is 0 Å². The van der Waals surface area contributed by atoms with Gasteiger partial charge in [0.15, 0.2) is 0 Å². The van der Waals surface area contributed by atoms with Crippen molar-refractivity contribution in [3.8, 4) is 0 Å². The van der Waals surface area contributed by atoms with Crippen LogP contribution >= 0.6 is 0 Å². The zero-order valence-electron chi connectivity index (χ0n) is 14.6. The third-order valence-corrected chi connectivity index (χ3v) is 4.63. The van der Waals surface area contributed by atoms with Crippen molar-refractivity contribution in [1.82, 2.24) is 9.80 Å². The summed E-state index contributed by atoms with van der Waals surface area (Å²) < 4.78 is 0. The van der Waals surface area contributed by atoms with Crippen molar-refractivity contribution in [2.75, 3.05) is 26.2 Å². The lowest BCUT2D eigenvalue weighted by Crippen LogP contribution is -2.53. The number of piperazine rings is 1. The largest absolute Gasteiger partial charge is 0.384 e. The normalized spacial score (nSPS) is 17.5. The first-order valence-electron chi connectivity index (χ1n) is 8.78. The van der Waals surface area contributed by atoms with Gasteiger partial charge < -0.3 is 14.9 Å². The second kappa shape index (κ2) is 8.83. The van der Waals surface area contributed by atoms with Crippen molar-refractivity contribution in [2.24, 2.45) is 5.92 Å². The van der Waals surface area contributed by atoms with Crippen molar-refractivity contribution >= 4 is 11.8 Å². The van der Waals surface area contributed by atoms with Crippen LogP contribution in [0, 0.1) is 5.92 Å². The lowest BCUT2D eigenvalue weighted by Gasteiger charge is -2.36. The molecule has 1 aliphatic heterocycles. The van der Waals surface area contributed by atoms with Gasteiger partial charge in [-0.05, 0) is 31.7 Å². The summed E-state index contributed by atoms with van der Waals surface area (Å²) in [5.41, 5.74) is 1.31. The van der Waals surface area contributed by atoms with E-state index in [2.05, 4.69) is 12.1 Å². The number of benzene rings is 1. The lowest BCUT2D eigenvalue weighted by molar-refractivity contribution is -0.146. The fraction of sp³-hybridized carbons (Fsp3) is 0.579. The third-order valence-electron chi connectivity index (χ3n) is 4.63. The van der Waals surface area contributed by atoms with Gasteiger partial charge in [-0.1, -0.05) is 37.3 Å². The fourth-order valence-corrected chi connectivity index (χ4v) is 3.10. The monoisotopic (exact) mass is 332 g/mol. The van der Waals surface area contributed by atoms with Crippen LogP contribution in [0.3, 0.4) is 0 Å². The lowest BCUT2D eigenvalue weighted by atomic mass is 9.99. The Labute approximate surface area is 144 Å². The molecule has 1 saturated heterocycles. The van der Waals surface area contributed by atoms with E-state index in [1.54, 1.807) is 4.90 Å². The second-order valence-electron chi connectivity index (χ2n) is 6.61. The Morgan fingerprint density at radius 3 is 2.08 bits per heavy atom. The summed E-state index contributed by atoms with van der Waals surface area (Å²) in [4.78, 5) is 27.8. The van der Waals surface area contributed by atoms with Crippen LogP contribution in [0.2, 0.25) is 0 Å². The summed E-state index contributed by atoms with van der Waals surface area (Å²) in [6, 6.07) is 10.3. The Kier molecular flexibility index (Phi) is 6.79. The summed E-state index contributed by atoms with van der Waals surface area (Å²) in [6.45, 7) is 5.59. The second-order valence-corrected chi connectivity index (χ2v) is 6.61. The van der Waals surface area contributed by atoms with Crippen molar-refractivity contribution in [1.29, 1.82) is 0 Å². The van der Waals surface area contributed by atoms with Crippen LogP contribution in [-0.2, 0) is 16.0 Å². The highest BCUT2D eigenvalue weighted by Gasteiger charge is 2.27. The van der Waals surface area contributed by atoms with Crippen molar-refractivity contribution in [2.45, 2.75) is 39.2 Å². The highest BCUT2D eigenvalue weighted by atomic mass is 16.3. The van der Waals surface area contributed by atoms with Crippen LogP contribution in [0.4, 0.5) is 0 Å². The van der Waals surface area contributed by atoms with E-state index in [0.29, 0.717) is 26.2 Å². The molecule has 2 amide bonds. The highest BCUT2D eigenvalue weighted by molar-refractivity contribution is 5.81. The van der Waals surface area contributed by atoms with Gasteiger partial charge >= 0.3 is 0 Å². The van der Waals surface area contributed by atoms with Gasteiger partial charge in [0, 0.05) is 32.1 Å². The quantitative estimate of drug-likeness (QED) is 0.862. The minimum Gasteiger partial charge on any atom is -0.384 e. The number of aryl methyl sites for hydroxylation is 1. The molecule has 2 unspecified atom stereocenters. The number of rotatable bonds is 6. The van der Waals surface area contributed by atoms with Gasteiger partial charge in [-0.15, -0.1) is 0 Å². The first-order chi connectivity index (χ1) is 11.5. The summed E-state index contributed by atoms with van der Waals surface area (Å²) in [6.07, 6.45) is 1.90.